The number of hydrogen-bond acceptors (Lipinski definition) is 3. The third-order valence-corrected chi connectivity index (χ3v) is 3.00. The minimum Gasteiger partial charge on any atom is -0.498 e. The van der Waals surface area contributed by atoms with Gasteiger partial charge in [0.1, 0.15) is 17.6 Å². The number of rotatable bonds is 7. The van der Waals surface area contributed by atoms with Gasteiger partial charge in [0.2, 0.25) is 0 Å². The molecule has 1 aliphatic carbocycles. The first kappa shape index (κ1) is 14.0. The van der Waals surface area contributed by atoms with Crippen LogP contribution in [-0.2, 0) is 14.3 Å². The zero-order chi connectivity index (χ0) is 12.7. The normalized spacial score (nSPS) is 19.6. The van der Waals surface area contributed by atoms with Crippen LogP contribution in [0.5, 0.6) is 0 Å². The maximum absolute atomic E-state index is 10.8. The highest BCUT2D eigenvalue weighted by Crippen LogP contribution is 2.24. The molecular weight excluding hydrogens is 216 g/mol. The van der Waals surface area contributed by atoms with Gasteiger partial charge in [-0.2, -0.15) is 0 Å². The SMILES string of the molecule is COC1=CC(CCCCC(C)=O)=CCC1OC. The molecule has 0 N–H and O–H groups in total. The van der Waals surface area contributed by atoms with Crippen molar-refractivity contribution in [2.45, 2.75) is 45.1 Å². The second-order valence-corrected chi connectivity index (χ2v) is 4.40. The van der Waals surface area contributed by atoms with Crippen LogP contribution in [0.4, 0.5) is 0 Å². The minimum absolute atomic E-state index is 0.0565. The summed E-state index contributed by atoms with van der Waals surface area (Å²) in [5.74, 6) is 1.17. The van der Waals surface area contributed by atoms with Crippen molar-refractivity contribution in [2.24, 2.45) is 0 Å². The number of ketones is 1. The van der Waals surface area contributed by atoms with E-state index in [1.165, 1.54) is 5.57 Å². The number of hydrogen-bond donors (Lipinski definition) is 0. The summed E-state index contributed by atoms with van der Waals surface area (Å²) in [6, 6.07) is 0. The van der Waals surface area contributed by atoms with Crippen LogP contribution in [0.15, 0.2) is 23.5 Å². The van der Waals surface area contributed by atoms with E-state index >= 15 is 0 Å². The zero-order valence-electron chi connectivity index (χ0n) is 11.0. The van der Waals surface area contributed by atoms with E-state index in [2.05, 4.69) is 12.2 Å². The Morgan fingerprint density at radius 1 is 1.41 bits per heavy atom. The highest BCUT2D eigenvalue weighted by atomic mass is 16.5. The van der Waals surface area contributed by atoms with Crippen molar-refractivity contribution in [3.8, 4) is 0 Å². The van der Waals surface area contributed by atoms with E-state index in [1.807, 2.05) is 0 Å². The molecule has 0 bridgehead atoms. The van der Waals surface area contributed by atoms with E-state index in [1.54, 1.807) is 21.1 Å². The zero-order valence-corrected chi connectivity index (χ0v) is 11.0. The van der Waals surface area contributed by atoms with Gasteiger partial charge in [-0.3, -0.25) is 0 Å². The van der Waals surface area contributed by atoms with Gasteiger partial charge in [0, 0.05) is 13.5 Å². The molecule has 0 spiro atoms. The molecule has 1 rings (SSSR count). The molecule has 96 valence electrons. The quantitative estimate of drug-likeness (QED) is 0.640. The molecule has 0 radical (unpaired) electrons. The Kier molecular flexibility index (Phi) is 5.98. The van der Waals surface area contributed by atoms with Crippen molar-refractivity contribution in [2.75, 3.05) is 14.2 Å². The number of carbonyl (C=O) groups excluding carboxylic acids is 1. The number of unbranched alkanes of at least 4 members (excludes halogenated alkanes) is 1. The lowest BCUT2D eigenvalue weighted by Crippen LogP contribution is -2.17. The van der Waals surface area contributed by atoms with Gasteiger partial charge in [-0.25, -0.2) is 0 Å². The predicted octanol–water partition coefficient (Wildman–Crippen LogP) is 3.01. The molecule has 0 aromatic carbocycles. The first-order valence-electron chi connectivity index (χ1n) is 6.14. The summed E-state index contributed by atoms with van der Waals surface area (Å²) in [6.07, 6.45) is 8.91. The van der Waals surface area contributed by atoms with E-state index in [4.69, 9.17) is 9.47 Å². The largest absolute Gasteiger partial charge is 0.498 e. The number of Topliss-reactive ketones (excluding diaryl/α,β-unsaturated/α-hetero) is 1. The summed E-state index contributed by atoms with van der Waals surface area (Å²) in [6.45, 7) is 1.64. The van der Waals surface area contributed by atoms with Crippen LogP contribution in [0.3, 0.4) is 0 Å². The van der Waals surface area contributed by atoms with Gasteiger partial charge in [0.05, 0.1) is 7.11 Å². The van der Waals surface area contributed by atoms with Crippen LogP contribution >= 0.6 is 0 Å². The van der Waals surface area contributed by atoms with Crippen molar-refractivity contribution in [1.29, 1.82) is 0 Å². The monoisotopic (exact) mass is 238 g/mol. The standard InChI is InChI=1S/C14H22O3/c1-11(15)6-4-5-7-12-8-9-13(16-2)14(10-12)17-3/h8,10,13H,4-7,9H2,1-3H3. The molecule has 0 aliphatic heterocycles. The summed E-state index contributed by atoms with van der Waals surface area (Å²) < 4.78 is 10.6. The van der Waals surface area contributed by atoms with Crippen molar-refractivity contribution in [3.63, 3.8) is 0 Å². The predicted molar refractivity (Wildman–Crippen MR) is 67.7 cm³/mol. The van der Waals surface area contributed by atoms with Crippen LogP contribution < -0.4 is 0 Å². The van der Waals surface area contributed by atoms with E-state index in [0.29, 0.717) is 6.42 Å². The lowest BCUT2D eigenvalue weighted by Gasteiger charge is -2.21. The molecule has 17 heavy (non-hydrogen) atoms. The minimum atomic E-state index is 0.0565. The molecule has 0 saturated carbocycles. The van der Waals surface area contributed by atoms with E-state index in [-0.39, 0.29) is 11.9 Å². The average Bonchev–Trinajstić information content (AvgIpc) is 2.34. The van der Waals surface area contributed by atoms with Crippen LogP contribution in [0, 0.1) is 0 Å². The molecule has 0 amide bonds. The fourth-order valence-electron chi connectivity index (χ4n) is 1.99. The van der Waals surface area contributed by atoms with Gasteiger partial charge in [0.25, 0.3) is 0 Å². The molecule has 0 aromatic heterocycles. The smallest absolute Gasteiger partial charge is 0.129 e. The maximum atomic E-state index is 10.8. The Hall–Kier alpha value is -1.09. The van der Waals surface area contributed by atoms with Gasteiger partial charge >= 0.3 is 0 Å². The maximum Gasteiger partial charge on any atom is 0.129 e. The van der Waals surface area contributed by atoms with Crippen LogP contribution in [0.2, 0.25) is 0 Å². The molecule has 3 heteroatoms. The number of methoxy groups -OCH3 is 2. The number of carbonyl (C=O) groups is 1. The molecule has 1 unspecified atom stereocenters. The molecule has 1 atom stereocenters. The first-order valence-corrected chi connectivity index (χ1v) is 6.14. The van der Waals surface area contributed by atoms with E-state index < -0.39 is 0 Å². The van der Waals surface area contributed by atoms with E-state index in [9.17, 15) is 4.79 Å². The molecule has 1 aliphatic rings. The van der Waals surface area contributed by atoms with Crippen molar-refractivity contribution in [3.05, 3.63) is 23.5 Å². The Bertz CT molecular complexity index is 315. The Morgan fingerprint density at radius 2 is 2.18 bits per heavy atom. The summed E-state index contributed by atoms with van der Waals surface area (Å²) >= 11 is 0. The summed E-state index contributed by atoms with van der Waals surface area (Å²) in [7, 11) is 3.37. The fourth-order valence-corrected chi connectivity index (χ4v) is 1.99. The van der Waals surface area contributed by atoms with Gasteiger partial charge in [-0.15, -0.1) is 0 Å². The third kappa shape index (κ3) is 4.73. The van der Waals surface area contributed by atoms with Crippen LogP contribution in [0.25, 0.3) is 0 Å². The average molecular weight is 238 g/mol. The van der Waals surface area contributed by atoms with Crippen molar-refractivity contribution >= 4 is 5.78 Å². The van der Waals surface area contributed by atoms with Gasteiger partial charge < -0.3 is 14.3 Å². The van der Waals surface area contributed by atoms with Gasteiger partial charge in [0.15, 0.2) is 0 Å². The summed E-state index contributed by atoms with van der Waals surface area (Å²) in [5.41, 5.74) is 1.29. The molecule has 0 fully saturated rings. The second-order valence-electron chi connectivity index (χ2n) is 4.40. The first-order chi connectivity index (χ1) is 8.17. The van der Waals surface area contributed by atoms with Crippen molar-refractivity contribution < 1.29 is 14.3 Å². The fraction of sp³-hybridized carbons (Fsp3) is 0.643. The summed E-state index contributed by atoms with van der Waals surface area (Å²) in [4.78, 5) is 10.8. The topological polar surface area (TPSA) is 35.5 Å². The van der Waals surface area contributed by atoms with Crippen LogP contribution in [-0.4, -0.2) is 26.1 Å². The lowest BCUT2D eigenvalue weighted by atomic mass is 9.98. The van der Waals surface area contributed by atoms with E-state index in [0.717, 1.165) is 31.4 Å². The molecule has 0 saturated heterocycles. The molecule has 0 aromatic rings. The Morgan fingerprint density at radius 3 is 2.76 bits per heavy atom. The highest BCUT2D eigenvalue weighted by molar-refractivity contribution is 5.75. The van der Waals surface area contributed by atoms with Gasteiger partial charge in [-0.05, 0) is 44.3 Å². The Balaban J connectivity index is 2.38. The lowest BCUT2D eigenvalue weighted by molar-refractivity contribution is -0.117. The van der Waals surface area contributed by atoms with Crippen molar-refractivity contribution in [1.82, 2.24) is 0 Å². The Labute approximate surface area is 103 Å². The number of ether oxygens (including phenoxy) is 2. The number of allylic oxidation sites excluding steroid dienone is 2. The molecular formula is C14H22O3. The third-order valence-electron chi connectivity index (χ3n) is 3.00. The van der Waals surface area contributed by atoms with Crippen LogP contribution in [0.1, 0.15) is 39.0 Å². The molecule has 3 nitrogen and oxygen atoms in total. The summed E-state index contributed by atoms with van der Waals surface area (Å²) in [5, 5.41) is 0. The second kappa shape index (κ2) is 7.28. The highest BCUT2D eigenvalue weighted by Gasteiger charge is 2.17. The van der Waals surface area contributed by atoms with Gasteiger partial charge in [-0.1, -0.05) is 6.08 Å². The molecule has 0 heterocycles.